The molecule has 1 saturated heterocycles. The molecule has 1 atom stereocenters. The van der Waals surface area contributed by atoms with Crippen LogP contribution in [0.3, 0.4) is 0 Å². The first kappa shape index (κ1) is 26.8. The molecule has 1 fully saturated rings. The molecule has 39 heavy (non-hydrogen) atoms. The Balaban J connectivity index is 1.56. The zero-order chi connectivity index (χ0) is 27.5. The lowest BCUT2D eigenvalue weighted by atomic mass is 9.98. The van der Waals surface area contributed by atoms with Crippen LogP contribution < -0.4 is 5.73 Å². The van der Waals surface area contributed by atoms with E-state index in [1.165, 1.54) is 36.1 Å². The number of nitrogens with one attached hydrogen (secondary N) is 2. The number of hydrogen-bond donors (Lipinski definition) is 3. The second kappa shape index (κ2) is 11.5. The first-order valence-corrected chi connectivity index (χ1v) is 14.0. The Morgan fingerprint density at radius 3 is 2.74 bits per heavy atom. The number of rotatable bonds is 8. The number of hydrogen-bond acceptors (Lipinski definition) is 5. The fraction of sp³-hybridized carbons (Fsp3) is 0.375. The van der Waals surface area contributed by atoms with Crippen LogP contribution in [-0.2, 0) is 6.42 Å². The topological polar surface area (TPSA) is 89.9 Å². The summed E-state index contributed by atoms with van der Waals surface area (Å²) in [6.45, 7) is 11.4. The summed E-state index contributed by atoms with van der Waals surface area (Å²) in [6, 6.07) is 4.45. The minimum Gasteiger partial charge on any atom is -0.402 e. The molecule has 0 unspecified atom stereocenters. The standard InChI is InChI=1S/C32H41N7/c1-6-21(2)14-23(15-22(3)20-38(4)5)24-16-27-31(36-37-32(27)34-19-24)29-18-26-28(35-29)17-25(33)10-11-30(26)39-12-8-7-9-13-39/h6,10-11,14-16,18-19,21,35H,1,7-9,12-13,17,20,33H2,2-5H3,(H,34,36,37)/b22-15+,23-14+/t21-/m0/s1. The highest BCUT2D eigenvalue weighted by Gasteiger charge is 2.23. The van der Waals surface area contributed by atoms with Crippen molar-refractivity contribution in [1.29, 1.82) is 0 Å². The van der Waals surface area contributed by atoms with Gasteiger partial charge in [-0.2, -0.15) is 5.10 Å². The van der Waals surface area contributed by atoms with Gasteiger partial charge in [0.15, 0.2) is 5.65 Å². The minimum absolute atomic E-state index is 0.237. The number of nitrogens with zero attached hydrogens (tertiary/aromatic N) is 4. The van der Waals surface area contributed by atoms with Gasteiger partial charge in [-0.1, -0.05) is 30.7 Å². The van der Waals surface area contributed by atoms with Gasteiger partial charge in [0, 0.05) is 65.9 Å². The van der Waals surface area contributed by atoms with Gasteiger partial charge in [-0.15, -0.1) is 6.58 Å². The number of likely N-dealkylation sites (tertiary alicyclic amines) is 1. The van der Waals surface area contributed by atoms with Crippen LogP contribution in [0.2, 0.25) is 0 Å². The Hall–Kier alpha value is -3.84. The van der Waals surface area contributed by atoms with Gasteiger partial charge in [0.05, 0.1) is 11.4 Å². The minimum atomic E-state index is 0.237. The highest BCUT2D eigenvalue weighted by molar-refractivity contribution is 5.93. The van der Waals surface area contributed by atoms with E-state index in [9.17, 15) is 0 Å². The molecule has 7 nitrogen and oxygen atoms in total. The number of piperidine rings is 1. The average Bonchev–Trinajstić information content (AvgIpc) is 3.48. The number of aromatic amines is 2. The molecular weight excluding hydrogens is 482 g/mol. The van der Waals surface area contributed by atoms with E-state index in [1.54, 1.807) is 0 Å². The summed E-state index contributed by atoms with van der Waals surface area (Å²) in [4.78, 5) is 13.1. The van der Waals surface area contributed by atoms with Gasteiger partial charge < -0.3 is 20.5 Å². The SMILES string of the molecule is C=C[C@H](C)/C=C(\C=C(/C)CN(C)C)c1cnc2n[nH]c(-c3cc4c([nH]3)CC(N)=CC=C4N3CCCCC3)c2c1. The molecule has 7 heteroatoms. The number of fused-ring (bicyclic) bond motifs is 2. The fourth-order valence-electron chi connectivity index (χ4n) is 5.60. The number of allylic oxidation sites excluding steroid dienone is 7. The van der Waals surface area contributed by atoms with Gasteiger partial charge >= 0.3 is 0 Å². The number of H-pyrrole nitrogens is 2. The molecule has 0 aromatic carbocycles. The van der Waals surface area contributed by atoms with Gasteiger partial charge in [0.1, 0.15) is 0 Å². The van der Waals surface area contributed by atoms with E-state index in [4.69, 9.17) is 10.7 Å². The van der Waals surface area contributed by atoms with Crippen LogP contribution in [0.4, 0.5) is 0 Å². The van der Waals surface area contributed by atoms with Gasteiger partial charge in [-0.05, 0) is 76.1 Å². The van der Waals surface area contributed by atoms with Crippen molar-refractivity contribution >= 4 is 22.3 Å². The second-order valence-electron chi connectivity index (χ2n) is 11.2. The Morgan fingerprint density at radius 2 is 2.00 bits per heavy atom. The predicted octanol–water partition coefficient (Wildman–Crippen LogP) is 5.89. The maximum atomic E-state index is 6.36. The van der Waals surface area contributed by atoms with E-state index in [2.05, 4.69) is 95.9 Å². The fourth-order valence-corrected chi connectivity index (χ4v) is 5.60. The molecular formula is C32H41N7. The third-order valence-corrected chi connectivity index (χ3v) is 7.50. The maximum Gasteiger partial charge on any atom is 0.181 e. The Bertz CT molecular complexity index is 1470. The van der Waals surface area contributed by atoms with Crippen LogP contribution in [0.5, 0.6) is 0 Å². The van der Waals surface area contributed by atoms with E-state index in [1.807, 2.05) is 12.3 Å². The van der Waals surface area contributed by atoms with Gasteiger partial charge in [0.25, 0.3) is 0 Å². The largest absolute Gasteiger partial charge is 0.402 e. The number of aromatic nitrogens is 4. The highest BCUT2D eigenvalue weighted by Crippen LogP contribution is 2.35. The first-order valence-electron chi connectivity index (χ1n) is 14.0. The van der Waals surface area contributed by atoms with Gasteiger partial charge in [0.2, 0.25) is 0 Å². The molecule has 3 aromatic heterocycles. The summed E-state index contributed by atoms with van der Waals surface area (Å²) in [7, 11) is 4.18. The molecule has 1 aliphatic carbocycles. The molecule has 0 radical (unpaired) electrons. The highest BCUT2D eigenvalue weighted by atomic mass is 15.2. The number of nitrogens with two attached hydrogens (primary N) is 1. The van der Waals surface area contributed by atoms with Crippen LogP contribution >= 0.6 is 0 Å². The van der Waals surface area contributed by atoms with Crippen LogP contribution in [0, 0.1) is 5.92 Å². The van der Waals surface area contributed by atoms with E-state index in [-0.39, 0.29) is 5.92 Å². The van der Waals surface area contributed by atoms with Crippen LogP contribution in [0.25, 0.3) is 33.7 Å². The summed E-state index contributed by atoms with van der Waals surface area (Å²) >= 11 is 0. The Morgan fingerprint density at radius 1 is 1.21 bits per heavy atom. The molecule has 4 heterocycles. The molecule has 0 bridgehead atoms. The number of pyridine rings is 1. The zero-order valence-electron chi connectivity index (χ0n) is 23.7. The van der Waals surface area contributed by atoms with Crippen molar-refractivity contribution in [2.24, 2.45) is 11.7 Å². The zero-order valence-corrected chi connectivity index (χ0v) is 23.7. The Kier molecular flexibility index (Phi) is 7.89. The summed E-state index contributed by atoms with van der Waals surface area (Å²) < 4.78 is 0. The van der Waals surface area contributed by atoms with Crippen LogP contribution in [0.1, 0.15) is 49.9 Å². The third kappa shape index (κ3) is 5.93. The van der Waals surface area contributed by atoms with Gasteiger partial charge in [-0.3, -0.25) is 5.10 Å². The first-order chi connectivity index (χ1) is 18.8. The molecule has 4 N–H and O–H groups in total. The monoisotopic (exact) mass is 523 g/mol. The van der Waals surface area contributed by atoms with E-state index in [0.717, 1.165) is 58.9 Å². The molecule has 2 aliphatic rings. The van der Waals surface area contributed by atoms with E-state index >= 15 is 0 Å². The molecule has 1 aliphatic heterocycles. The van der Waals surface area contributed by atoms with Crippen molar-refractivity contribution in [2.45, 2.75) is 39.5 Å². The molecule has 5 rings (SSSR count). The van der Waals surface area contributed by atoms with Gasteiger partial charge in [-0.25, -0.2) is 4.98 Å². The second-order valence-corrected chi connectivity index (χ2v) is 11.2. The lowest BCUT2D eigenvalue weighted by Gasteiger charge is -2.31. The normalized spacial score (nSPS) is 17.6. The van der Waals surface area contributed by atoms with E-state index in [0.29, 0.717) is 12.1 Å². The van der Waals surface area contributed by atoms with E-state index < -0.39 is 0 Å². The molecule has 204 valence electrons. The Labute approximate surface area is 231 Å². The summed E-state index contributed by atoms with van der Waals surface area (Å²) in [6.07, 6.45) is 17.1. The van der Waals surface area contributed by atoms with Crippen molar-refractivity contribution in [3.05, 3.63) is 83.4 Å². The summed E-state index contributed by atoms with van der Waals surface area (Å²) in [5.41, 5.74) is 17.0. The number of likely N-dealkylation sites (N-methyl/N-ethyl adjacent to an activating group) is 1. The summed E-state index contributed by atoms with van der Waals surface area (Å²) in [5, 5.41) is 8.80. The van der Waals surface area contributed by atoms with Crippen molar-refractivity contribution < 1.29 is 0 Å². The molecule has 0 spiro atoms. The smallest absolute Gasteiger partial charge is 0.181 e. The maximum absolute atomic E-state index is 6.36. The van der Waals surface area contributed by atoms with Crippen molar-refractivity contribution in [1.82, 2.24) is 30.0 Å². The predicted molar refractivity (Wildman–Crippen MR) is 163 cm³/mol. The molecule has 0 amide bonds. The third-order valence-electron chi connectivity index (χ3n) is 7.50. The van der Waals surface area contributed by atoms with Crippen molar-refractivity contribution in [3.63, 3.8) is 0 Å². The van der Waals surface area contributed by atoms with Crippen LogP contribution in [0.15, 0.2) is 66.6 Å². The average molecular weight is 524 g/mol. The van der Waals surface area contributed by atoms with Crippen LogP contribution in [-0.4, -0.2) is 63.7 Å². The molecule has 3 aromatic rings. The summed E-state index contributed by atoms with van der Waals surface area (Å²) in [5.74, 6) is 0.237. The lowest BCUT2D eigenvalue weighted by Crippen LogP contribution is -2.28. The molecule has 0 saturated carbocycles. The quantitative estimate of drug-likeness (QED) is 0.253. The lowest BCUT2D eigenvalue weighted by molar-refractivity contribution is 0.326. The van der Waals surface area contributed by atoms with Crippen molar-refractivity contribution in [2.75, 3.05) is 33.7 Å². The van der Waals surface area contributed by atoms with Crippen molar-refractivity contribution in [3.8, 4) is 11.4 Å².